The summed E-state index contributed by atoms with van der Waals surface area (Å²) in [6.45, 7) is 4.37. The molecule has 26 heavy (non-hydrogen) atoms. The topological polar surface area (TPSA) is 57.5 Å². The molecule has 3 heteroatoms. The number of aliphatic hydroxyl groups is 1. The van der Waals surface area contributed by atoms with Crippen LogP contribution >= 0.6 is 0 Å². The average molecular weight is 361 g/mol. The minimum Gasteiger partial charge on any atom is -0.481 e. The highest BCUT2D eigenvalue weighted by atomic mass is 16.4. The molecule has 0 aliphatic carbocycles. The number of aliphatic carboxylic acids is 1. The van der Waals surface area contributed by atoms with E-state index in [9.17, 15) is 9.90 Å². The molecule has 0 unspecified atom stereocenters. The number of allylic oxidation sites excluding steroid dienone is 1. The maximum atomic E-state index is 11.3. The summed E-state index contributed by atoms with van der Waals surface area (Å²) in [6.07, 6.45) is 14.0. The molecule has 146 valence electrons. The van der Waals surface area contributed by atoms with Gasteiger partial charge in [-0.15, -0.1) is 0 Å². The Balaban J connectivity index is 2.79. The monoisotopic (exact) mass is 360 g/mol. The van der Waals surface area contributed by atoms with E-state index in [2.05, 4.69) is 19.9 Å². The molecule has 0 heterocycles. The predicted octanol–water partition coefficient (Wildman–Crippen LogP) is 6.30. The van der Waals surface area contributed by atoms with Crippen molar-refractivity contribution < 1.29 is 15.0 Å². The number of carbonyl (C=O) groups is 1. The lowest BCUT2D eigenvalue weighted by atomic mass is 9.83. The van der Waals surface area contributed by atoms with Crippen LogP contribution in [0.3, 0.4) is 0 Å². The van der Waals surface area contributed by atoms with Crippen molar-refractivity contribution in [2.75, 3.05) is 0 Å². The van der Waals surface area contributed by atoms with E-state index in [1.807, 2.05) is 30.4 Å². The first kappa shape index (κ1) is 22.4. The molecule has 0 saturated heterocycles. The summed E-state index contributed by atoms with van der Waals surface area (Å²) in [7, 11) is 0. The average Bonchev–Trinajstić information content (AvgIpc) is 2.62. The minimum absolute atomic E-state index is 0.207. The maximum Gasteiger partial charge on any atom is 0.303 e. The summed E-state index contributed by atoms with van der Waals surface area (Å²) in [5, 5.41) is 20.0. The van der Waals surface area contributed by atoms with Gasteiger partial charge in [0.05, 0.1) is 5.60 Å². The highest BCUT2D eigenvalue weighted by Crippen LogP contribution is 2.33. The van der Waals surface area contributed by atoms with Crippen LogP contribution in [0.5, 0.6) is 0 Å². The predicted molar refractivity (Wildman–Crippen MR) is 109 cm³/mol. The SMILES string of the molecule is CCCCCC(O)(CCCCC)c1cccc(/C=C\CCCC(=O)O)c1. The third kappa shape index (κ3) is 8.66. The zero-order valence-corrected chi connectivity index (χ0v) is 16.5. The van der Waals surface area contributed by atoms with E-state index in [-0.39, 0.29) is 6.42 Å². The van der Waals surface area contributed by atoms with Crippen molar-refractivity contribution in [3.8, 4) is 0 Å². The largest absolute Gasteiger partial charge is 0.481 e. The van der Waals surface area contributed by atoms with Crippen molar-refractivity contribution >= 4 is 12.0 Å². The van der Waals surface area contributed by atoms with Crippen LogP contribution in [0.2, 0.25) is 0 Å². The van der Waals surface area contributed by atoms with E-state index in [1.165, 1.54) is 0 Å². The molecule has 0 atom stereocenters. The molecule has 0 bridgehead atoms. The number of carboxylic acid groups (broad SMARTS) is 1. The van der Waals surface area contributed by atoms with E-state index in [1.54, 1.807) is 0 Å². The quantitative estimate of drug-likeness (QED) is 0.383. The van der Waals surface area contributed by atoms with Crippen molar-refractivity contribution in [3.05, 3.63) is 41.5 Å². The highest BCUT2D eigenvalue weighted by molar-refractivity contribution is 5.66. The van der Waals surface area contributed by atoms with Crippen molar-refractivity contribution in [2.24, 2.45) is 0 Å². The lowest BCUT2D eigenvalue weighted by Crippen LogP contribution is -2.25. The van der Waals surface area contributed by atoms with Gasteiger partial charge in [-0.2, -0.15) is 0 Å². The second-order valence-electron chi connectivity index (χ2n) is 7.26. The summed E-state index contributed by atoms with van der Waals surface area (Å²) in [4.78, 5) is 10.6. The van der Waals surface area contributed by atoms with Crippen molar-refractivity contribution in [2.45, 2.75) is 90.1 Å². The molecular formula is C23H36O3. The van der Waals surface area contributed by atoms with Crippen molar-refractivity contribution in [1.82, 2.24) is 0 Å². The molecule has 0 saturated carbocycles. The van der Waals surface area contributed by atoms with E-state index < -0.39 is 11.6 Å². The molecule has 0 aliphatic heterocycles. The number of carboxylic acids is 1. The van der Waals surface area contributed by atoms with Gasteiger partial charge in [-0.25, -0.2) is 0 Å². The van der Waals surface area contributed by atoms with Crippen LogP contribution in [0.25, 0.3) is 6.08 Å². The van der Waals surface area contributed by atoms with Gasteiger partial charge in [0.15, 0.2) is 0 Å². The molecule has 1 rings (SSSR count). The Bertz CT molecular complexity index is 538. The zero-order chi connectivity index (χ0) is 19.3. The third-order valence-corrected chi connectivity index (χ3v) is 4.88. The number of benzene rings is 1. The van der Waals surface area contributed by atoms with E-state index in [4.69, 9.17) is 5.11 Å². The molecule has 0 aromatic heterocycles. The fraction of sp³-hybridized carbons (Fsp3) is 0.609. The van der Waals surface area contributed by atoms with Crippen LogP contribution in [0.1, 0.15) is 95.6 Å². The van der Waals surface area contributed by atoms with Gasteiger partial charge in [0.25, 0.3) is 0 Å². The first-order chi connectivity index (χ1) is 12.5. The molecular weight excluding hydrogens is 324 g/mol. The summed E-state index contributed by atoms with van der Waals surface area (Å²) in [6, 6.07) is 8.18. The van der Waals surface area contributed by atoms with Crippen LogP contribution in [-0.4, -0.2) is 16.2 Å². The lowest BCUT2D eigenvalue weighted by Gasteiger charge is -2.29. The van der Waals surface area contributed by atoms with Crippen LogP contribution in [0.15, 0.2) is 30.3 Å². The van der Waals surface area contributed by atoms with Gasteiger partial charge in [-0.3, -0.25) is 4.79 Å². The maximum absolute atomic E-state index is 11.3. The number of unbranched alkanes of at least 4 members (excludes halogenated alkanes) is 5. The van der Waals surface area contributed by atoms with E-state index >= 15 is 0 Å². The summed E-state index contributed by atoms with van der Waals surface area (Å²) in [5.41, 5.74) is 1.34. The molecule has 0 spiro atoms. The molecule has 1 aromatic rings. The van der Waals surface area contributed by atoms with E-state index in [0.717, 1.165) is 68.9 Å². The second kappa shape index (κ2) is 12.7. The smallest absolute Gasteiger partial charge is 0.303 e. The Labute approximate surface area is 159 Å². The fourth-order valence-corrected chi connectivity index (χ4v) is 3.27. The first-order valence-electron chi connectivity index (χ1n) is 10.2. The molecule has 2 N–H and O–H groups in total. The molecule has 0 radical (unpaired) electrons. The van der Waals surface area contributed by atoms with Crippen molar-refractivity contribution in [3.63, 3.8) is 0 Å². The third-order valence-electron chi connectivity index (χ3n) is 4.88. The van der Waals surface area contributed by atoms with Gasteiger partial charge in [0.2, 0.25) is 0 Å². The highest BCUT2D eigenvalue weighted by Gasteiger charge is 2.28. The number of hydrogen-bond acceptors (Lipinski definition) is 2. The van der Waals surface area contributed by atoms with Crippen LogP contribution in [0.4, 0.5) is 0 Å². The van der Waals surface area contributed by atoms with Gasteiger partial charge in [0.1, 0.15) is 0 Å². The Hall–Kier alpha value is -1.61. The Morgan fingerprint density at radius 2 is 1.69 bits per heavy atom. The fourth-order valence-electron chi connectivity index (χ4n) is 3.27. The van der Waals surface area contributed by atoms with Gasteiger partial charge >= 0.3 is 5.97 Å². The minimum atomic E-state index is -0.746. The molecule has 3 nitrogen and oxygen atoms in total. The van der Waals surface area contributed by atoms with Gasteiger partial charge in [-0.1, -0.05) is 82.7 Å². The Morgan fingerprint density at radius 3 is 2.27 bits per heavy atom. The van der Waals surface area contributed by atoms with Crippen LogP contribution in [0, 0.1) is 0 Å². The molecule has 0 fully saturated rings. The normalized spacial score (nSPS) is 12.0. The summed E-state index contributed by atoms with van der Waals surface area (Å²) < 4.78 is 0. The van der Waals surface area contributed by atoms with Gasteiger partial charge < -0.3 is 10.2 Å². The number of rotatable bonds is 14. The molecule has 0 amide bonds. The number of hydrogen-bond donors (Lipinski definition) is 2. The van der Waals surface area contributed by atoms with E-state index in [0.29, 0.717) is 6.42 Å². The summed E-state index contributed by atoms with van der Waals surface area (Å²) in [5.74, 6) is -0.746. The van der Waals surface area contributed by atoms with Gasteiger partial charge in [-0.05, 0) is 42.9 Å². The molecule has 0 aliphatic rings. The Morgan fingerprint density at radius 1 is 1.04 bits per heavy atom. The molecule has 1 aromatic carbocycles. The Kier molecular flexibility index (Phi) is 11.0. The standard InChI is InChI=1S/C23H36O3/c1-3-5-10-17-23(26,18-11-6-4-2)21-15-12-14-20(19-21)13-8-7-9-16-22(24)25/h8,12-15,19,26H,3-7,9-11,16-18H2,1-2H3,(H,24,25)/b13-8-. The van der Waals surface area contributed by atoms with Crippen LogP contribution < -0.4 is 0 Å². The van der Waals surface area contributed by atoms with Crippen molar-refractivity contribution in [1.29, 1.82) is 0 Å². The van der Waals surface area contributed by atoms with Crippen LogP contribution in [-0.2, 0) is 10.4 Å². The lowest BCUT2D eigenvalue weighted by molar-refractivity contribution is -0.137. The zero-order valence-electron chi connectivity index (χ0n) is 16.5. The first-order valence-corrected chi connectivity index (χ1v) is 10.2. The second-order valence-corrected chi connectivity index (χ2v) is 7.26. The summed E-state index contributed by atoms with van der Waals surface area (Å²) >= 11 is 0. The van der Waals surface area contributed by atoms with Gasteiger partial charge in [0, 0.05) is 6.42 Å².